The summed E-state index contributed by atoms with van der Waals surface area (Å²) in [4.78, 5) is 26.9. The van der Waals surface area contributed by atoms with Gasteiger partial charge in [0.05, 0.1) is 18.0 Å². The molecular formula is C22H30N8O. The first-order valence-electron chi connectivity index (χ1n) is 11.1. The van der Waals surface area contributed by atoms with Gasteiger partial charge in [-0.05, 0) is 51.2 Å². The average molecular weight is 423 g/mol. The summed E-state index contributed by atoms with van der Waals surface area (Å²) in [7, 11) is 0. The molecule has 2 aromatic heterocycles. The lowest BCUT2D eigenvalue weighted by molar-refractivity contribution is -0.129. The quantitative estimate of drug-likeness (QED) is 0.619. The number of nitrogens with one attached hydrogen (secondary N) is 3. The number of nitrogens with zero attached hydrogens (tertiary/aromatic N) is 5. The fraction of sp³-hybridized carbons (Fsp3) is 0.545. The summed E-state index contributed by atoms with van der Waals surface area (Å²) in [5.74, 6) is 1.35. The molecule has 2 aromatic rings. The molecule has 1 saturated heterocycles. The van der Waals surface area contributed by atoms with Crippen molar-refractivity contribution < 1.29 is 4.79 Å². The van der Waals surface area contributed by atoms with E-state index in [4.69, 9.17) is 9.97 Å². The Bertz CT molecular complexity index is 1030. The Morgan fingerprint density at radius 3 is 2.84 bits per heavy atom. The van der Waals surface area contributed by atoms with Crippen LogP contribution in [-0.4, -0.2) is 74.2 Å². The second-order valence-corrected chi connectivity index (χ2v) is 8.92. The van der Waals surface area contributed by atoms with Crippen LogP contribution in [0.5, 0.6) is 0 Å². The summed E-state index contributed by atoms with van der Waals surface area (Å²) in [6.07, 6.45) is 9.68. The third-order valence-electron chi connectivity index (χ3n) is 6.47. The van der Waals surface area contributed by atoms with Crippen molar-refractivity contribution in [3.05, 3.63) is 24.4 Å². The number of anilines is 2. The molecule has 5 rings (SSSR count). The minimum atomic E-state index is -0.0206. The van der Waals surface area contributed by atoms with Gasteiger partial charge in [0.15, 0.2) is 0 Å². The molecule has 2 fully saturated rings. The van der Waals surface area contributed by atoms with Gasteiger partial charge in [0.25, 0.3) is 0 Å². The van der Waals surface area contributed by atoms with E-state index in [1.807, 2.05) is 24.2 Å². The zero-order valence-corrected chi connectivity index (χ0v) is 18.1. The van der Waals surface area contributed by atoms with Crippen molar-refractivity contribution >= 4 is 34.9 Å². The van der Waals surface area contributed by atoms with Gasteiger partial charge in [0.2, 0.25) is 11.9 Å². The van der Waals surface area contributed by atoms with Crippen LogP contribution < -0.4 is 10.6 Å². The molecule has 1 saturated carbocycles. The first-order valence-corrected chi connectivity index (χ1v) is 11.1. The number of carbonyl (C=O) groups excluding carboxylic acids is 1. The van der Waals surface area contributed by atoms with Crippen LogP contribution in [0.25, 0.3) is 11.0 Å². The van der Waals surface area contributed by atoms with Crippen LogP contribution in [0.4, 0.5) is 11.8 Å². The number of hydrogen-bond acceptors (Lipinski definition) is 7. The molecule has 3 N–H and O–H groups in total. The maximum Gasteiger partial charge on any atom is 0.246 e. The Morgan fingerprint density at radius 2 is 2.06 bits per heavy atom. The molecule has 0 radical (unpaired) electrons. The van der Waals surface area contributed by atoms with Gasteiger partial charge in [-0.1, -0.05) is 6.58 Å². The smallest absolute Gasteiger partial charge is 0.246 e. The van der Waals surface area contributed by atoms with Crippen molar-refractivity contribution in [3.63, 3.8) is 0 Å². The number of aromatic amines is 1. The minimum Gasteiger partial charge on any atom is -0.365 e. The lowest BCUT2D eigenvalue weighted by Crippen LogP contribution is -2.49. The monoisotopic (exact) mass is 422 g/mol. The maximum atomic E-state index is 12.2. The van der Waals surface area contributed by atoms with Gasteiger partial charge in [0, 0.05) is 37.1 Å². The highest BCUT2D eigenvalue weighted by molar-refractivity contribution is 5.92. The van der Waals surface area contributed by atoms with Crippen LogP contribution in [0, 0.1) is 6.92 Å². The Hall–Kier alpha value is -3.10. The predicted octanol–water partition coefficient (Wildman–Crippen LogP) is 2.49. The van der Waals surface area contributed by atoms with Gasteiger partial charge >= 0.3 is 0 Å². The molecule has 9 nitrogen and oxygen atoms in total. The standard InChI is InChI=1S/C22H30N8O/c1-4-18(31)29-11-15(6-5-14(29)3)25-21-19-13(2)9-23-20(19)27-22(28-21)26-16-10-24-30(12-16)17-7-8-17/h4,9-10,14-17H,1,5-8,11-12H2,2-3H3,(H3,23,25,26,27,28)/t14-,15+,16?/m0/s1. The zero-order chi connectivity index (χ0) is 21.5. The highest BCUT2D eigenvalue weighted by Crippen LogP contribution is 2.30. The molecule has 164 valence electrons. The largest absolute Gasteiger partial charge is 0.365 e. The second-order valence-electron chi connectivity index (χ2n) is 8.92. The average Bonchev–Trinajstić information content (AvgIpc) is 3.40. The number of fused-ring (bicyclic) bond motifs is 1. The van der Waals surface area contributed by atoms with Gasteiger partial charge in [-0.25, -0.2) is 0 Å². The Balaban J connectivity index is 1.36. The molecule has 1 amide bonds. The summed E-state index contributed by atoms with van der Waals surface area (Å²) in [5, 5.41) is 14.7. The summed E-state index contributed by atoms with van der Waals surface area (Å²) >= 11 is 0. The number of likely N-dealkylation sites (tertiary alicyclic amines) is 1. The van der Waals surface area contributed by atoms with Crippen molar-refractivity contribution in [1.29, 1.82) is 0 Å². The van der Waals surface area contributed by atoms with Crippen molar-refractivity contribution in [2.24, 2.45) is 5.10 Å². The Morgan fingerprint density at radius 1 is 1.23 bits per heavy atom. The lowest BCUT2D eigenvalue weighted by atomic mass is 9.99. The van der Waals surface area contributed by atoms with E-state index in [0.717, 1.165) is 41.8 Å². The van der Waals surface area contributed by atoms with Crippen LogP contribution in [0.2, 0.25) is 0 Å². The Labute approximate surface area is 182 Å². The number of aromatic nitrogens is 3. The SMILES string of the molecule is C=CC(=O)N1C[C@H](Nc2nc(NC3C=NN(C4CC4)C3)nc3[nH]cc(C)c23)CC[C@@H]1C. The van der Waals surface area contributed by atoms with E-state index in [0.29, 0.717) is 18.5 Å². The van der Waals surface area contributed by atoms with E-state index in [-0.39, 0.29) is 24.0 Å². The van der Waals surface area contributed by atoms with Crippen LogP contribution in [0.3, 0.4) is 0 Å². The van der Waals surface area contributed by atoms with Crippen molar-refractivity contribution in [3.8, 4) is 0 Å². The molecule has 0 bridgehead atoms. The molecule has 3 atom stereocenters. The molecule has 0 aromatic carbocycles. The topological polar surface area (TPSA) is 102 Å². The summed E-state index contributed by atoms with van der Waals surface area (Å²) in [5.41, 5.74) is 1.89. The summed E-state index contributed by atoms with van der Waals surface area (Å²) < 4.78 is 0. The number of hydrazone groups is 1. The molecule has 0 spiro atoms. The van der Waals surface area contributed by atoms with E-state index >= 15 is 0 Å². The van der Waals surface area contributed by atoms with E-state index < -0.39 is 0 Å². The van der Waals surface area contributed by atoms with Crippen molar-refractivity contribution in [1.82, 2.24) is 24.9 Å². The predicted molar refractivity (Wildman–Crippen MR) is 122 cm³/mol. The van der Waals surface area contributed by atoms with E-state index in [9.17, 15) is 4.79 Å². The molecule has 31 heavy (non-hydrogen) atoms. The van der Waals surface area contributed by atoms with E-state index in [1.54, 1.807) is 0 Å². The van der Waals surface area contributed by atoms with Gasteiger partial charge in [-0.3, -0.25) is 9.80 Å². The van der Waals surface area contributed by atoms with E-state index in [2.05, 4.69) is 39.2 Å². The first kappa shape index (κ1) is 19.8. The van der Waals surface area contributed by atoms with Crippen LogP contribution >= 0.6 is 0 Å². The van der Waals surface area contributed by atoms with Crippen molar-refractivity contribution in [2.45, 2.75) is 63.7 Å². The number of piperidine rings is 1. The highest BCUT2D eigenvalue weighted by Gasteiger charge is 2.33. The third-order valence-corrected chi connectivity index (χ3v) is 6.47. The second kappa shape index (κ2) is 7.86. The number of hydrogen-bond donors (Lipinski definition) is 3. The van der Waals surface area contributed by atoms with Gasteiger partial charge in [-0.2, -0.15) is 15.1 Å². The summed E-state index contributed by atoms with van der Waals surface area (Å²) in [6.45, 7) is 9.27. The lowest BCUT2D eigenvalue weighted by Gasteiger charge is -2.38. The van der Waals surface area contributed by atoms with Gasteiger partial charge < -0.3 is 20.5 Å². The van der Waals surface area contributed by atoms with E-state index in [1.165, 1.54) is 18.9 Å². The summed E-state index contributed by atoms with van der Waals surface area (Å²) in [6, 6.07) is 1.04. The number of amides is 1. The normalized spacial score (nSPS) is 25.8. The highest BCUT2D eigenvalue weighted by atomic mass is 16.2. The number of aryl methyl sites for hydroxylation is 1. The van der Waals surface area contributed by atoms with Gasteiger partial charge in [0.1, 0.15) is 11.5 Å². The molecular weight excluding hydrogens is 392 g/mol. The van der Waals surface area contributed by atoms with Crippen LogP contribution in [-0.2, 0) is 4.79 Å². The van der Waals surface area contributed by atoms with Crippen LogP contribution in [0.15, 0.2) is 24.0 Å². The molecule has 1 aliphatic carbocycles. The first-order chi connectivity index (χ1) is 15.0. The minimum absolute atomic E-state index is 0.0206. The maximum absolute atomic E-state index is 12.2. The molecule has 2 aliphatic heterocycles. The van der Waals surface area contributed by atoms with Crippen molar-refractivity contribution in [2.75, 3.05) is 23.7 Å². The molecule has 4 heterocycles. The fourth-order valence-electron chi connectivity index (χ4n) is 4.53. The molecule has 3 aliphatic rings. The zero-order valence-electron chi connectivity index (χ0n) is 18.1. The number of H-pyrrole nitrogens is 1. The number of rotatable bonds is 6. The van der Waals surface area contributed by atoms with Crippen LogP contribution in [0.1, 0.15) is 38.2 Å². The molecule has 9 heteroatoms. The van der Waals surface area contributed by atoms with Gasteiger partial charge in [-0.15, -0.1) is 0 Å². The number of carbonyl (C=O) groups is 1. The molecule has 1 unspecified atom stereocenters. The Kier molecular flexibility index (Phi) is 5.03. The fourth-order valence-corrected chi connectivity index (χ4v) is 4.53. The third kappa shape index (κ3) is 3.96.